The Balaban J connectivity index is 2.02. The van der Waals surface area contributed by atoms with Crippen molar-refractivity contribution in [2.75, 3.05) is 19.7 Å². The number of hydrogen-bond acceptors (Lipinski definition) is 2. The summed E-state index contributed by atoms with van der Waals surface area (Å²) in [7, 11) is 0. The van der Waals surface area contributed by atoms with E-state index in [2.05, 4.69) is 41.9 Å². The van der Waals surface area contributed by atoms with Crippen LogP contribution in [0.1, 0.15) is 37.3 Å². The Morgan fingerprint density at radius 1 is 1.37 bits per heavy atom. The zero-order chi connectivity index (χ0) is 13.5. The van der Waals surface area contributed by atoms with Gasteiger partial charge < -0.3 is 5.11 Å². The van der Waals surface area contributed by atoms with E-state index in [1.54, 1.807) is 0 Å². The van der Waals surface area contributed by atoms with Gasteiger partial charge in [-0.15, -0.1) is 0 Å². The summed E-state index contributed by atoms with van der Waals surface area (Å²) in [6.07, 6.45) is 3.17. The first-order chi connectivity index (χ1) is 9.33. The number of aliphatic hydroxyl groups is 1. The van der Waals surface area contributed by atoms with Crippen molar-refractivity contribution < 1.29 is 5.11 Å². The minimum absolute atomic E-state index is 0.138. The van der Waals surface area contributed by atoms with E-state index < -0.39 is 0 Å². The van der Waals surface area contributed by atoms with Gasteiger partial charge in [-0.2, -0.15) is 0 Å². The van der Waals surface area contributed by atoms with Gasteiger partial charge in [0.2, 0.25) is 0 Å². The molecule has 0 amide bonds. The molecule has 0 aromatic heterocycles. The second-order valence-electron chi connectivity index (χ2n) is 5.23. The highest BCUT2D eigenvalue weighted by Crippen LogP contribution is 2.21. The van der Waals surface area contributed by atoms with Crippen molar-refractivity contribution in [3.8, 4) is 11.8 Å². The van der Waals surface area contributed by atoms with E-state index in [1.807, 2.05) is 6.07 Å². The Labute approximate surface area is 116 Å². The summed E-state index contributed by atoms with van der Waals surface area (Å²) in [5, 5.41) is 8.79. The number of aliphatic hydroxyl groups excluding tert-OH is 1. The maximum absolute atomic E-state index is 8.79. The van der Waals surface area contributed by atoms with Crippen molar-refractivity contribution in [3.63, 3.8) is 0 Å². The fraction of sp³-hybridized carbons (Fsp3) is 0.529. The van der Waals surface area contributed by atoms with Crippen LogP contribution < -0.4 is 0 Å². The normalized spacial score (nSPS) is 19.2. The van der Waals surface area contributed by atoms with Crippen LogP contribution in [0.5, 0.6) is 0 Å². The third kappa shape index (κ3) is 4.09. The molecule has 0 bridgehead atoms. The van der Waals surface area contributed by atoms with Crippen LogP contribution >= 0.6 is 0 Å². The van der Waals surface area contributed by atoms with Gasteiger partial charge in [0.1, 0.15) is 0 Å². The average molecular weight is 257 g/mol. The minimum Gasteiger partial charge on any atom is -0.395 e. The molecule has 1 saturated heterocycles. The van der Waals surface area contributed by atoms with Crippen molar-refractivity contribution in [2.24, 2.45) is 5.92 Å². The van der Waals surface area contributed by atoms with E-state index >= 15 is 0 Å². The Kier molecular flexibility index (Phi) is 5.44. The first-order valence-corrected chi connectivity index (χ1v) is 7.23. The maximum atomic E-state index is 8.79. The average Bonchev–Trinajstić information content (AvgIpc) is 2.89. The van der Waals surface area contributed by atoms with E-state index in [0.717, 1.165) is 18.0 Å². The second kappa shape index (κ2) is 7.33. The van der Waals surface area contributed by atoms with E-state index in [1.165, 1.54) is 31.5 Å². The highest BCUT2D eigenvalue weighted by molar-refractivity contribution is 5.41. The summed E-state index contributed by atoms with van der Waals surface area (Å²) < 4.78 is 0. The van der Waals surface area contributed by atoms with Crippen molar-refractivity contribution in [3.05, 3.63) is 35.4 Å². The summed E-state index contributed by atoms with van der Waals surface area (Å²) >= 11 is 0. The molecule has 1 aromatic rings. The molecule has 102 valence electrons. The van der Waals surface area contributed by atoms with Gasteiger partial charge in [0.25, 0.3) is 0 Å². The van der Waals surface area contributed by atoms with Crippen LogP contribution in [-0.4, -0.2) is 29.7 Å². The molecule has 2 heteroatoms. The van der Waals surface area contributed by atoms with E-state index in [4.69, 9.17) is 5.11 Å². The number of nitrogens with zero attached hydrogens (tertiary/aromatic N) is 1. The SMILES string of the molecule is CCC1CCN(Cc2ccccc2C#CCCO)C1. The van der Waals surface area contributed by atoms with Gasteiger partial charge in [-0.25, -0.2) is 0 Å². The molecule has 1 aliphatic rings. The molecular formula is C17H23NO. The van der Waals surface area contributed by atoms with Crippen LogP contribution in [0.15, 0.2) is 24.3 Å². The lowest BCUT2D eigenvalue weighted by Gasteiger charge is -2.16. The van der Waals surface area contributed by atoms with Gasteiger partial charge in [0, 0.05) is 25.1 Å². The van der Waals surface area contributed by atoms with Crippen LogP contribution in [-0.2, 0) is 6.54 Å². The quantitative estimate of drug-likeness (QED) is 0.838. The van der Waals surface area contributed by atoms with Crippen LogP contribution in [0.25, 0.3) is 0 Å². The molecule has 1 fully saturated rings. The molecular weight excluding hydrogens is 234 g/mol. The predicted molar refractivity (Wildman–Crippen MR) is 78.7 cm³/mol. The maximum Gasteiger partial charge on any atom is 0.0540 e. The fourth-order valence-electron chi connectivity index (χ4n) is 2.62. The highest BCUT2D eigenvalue weighted by Gasteiger charge is 2.21. The molecule has 1 N–H and O–H groups in total. The number of rotatable bonds is 4. The van der Waals surface area contributed by atoms with Crippen molar-refractivity contribution in [1.82, 2.24) is 4.90 Å². The molecule has 19 heavy (non-hydrogen) atoms. The largest absolute Gasteiger partial charge is 0.395 e. The molecule has 1 aliphatic heterocycles. The van der Waals surface area contributed by atoms with Crippen molar-refractivity contribution >= 4 is 0 Å². The van der Waals surface area contributed by atoms with Gasteiger partial charge in [-0.1, -0.05) is 43.4 Å². The van der Waals surface area contributed by atoms with Gasteiger partial charge in [-0.05, 0) is 30.5 Å². The summed E-state index contributed by atoms with van der Waals surface area (Å²) in [4.78, 5) is 2.53. The summed E-state index contributed by atoms with van der Waals surface area (Å²) in [6, 6.07) is 8.36. The molecule has 0 spiro atoms. The number of benzene rings is 1. The Hall–Kier alpha value is -1.30. The Morgan fingerprint density at radius 3 is 2.95 bits per heavy atom. The van der Waals surface area contributed by atoms with Crippen molar-refractivity contribution in [1.29, 1.82) is 0 Å². The zero-order valence-electron chi connectivity index (χ0n) is 11.7. The molecule has 1 aromatic carbocycles. The van der Waals surface area contributed by atoms with E-state index in [0.29, 0.717) is 6.42 Å². The van der Waals surface area contributed by atoms with E-state index in [9.17, 15) is 0 Å². The lowest BCUT2D eigenvalue weighted by molar-refractivity contribution is 0.305. The number of hydrogen-bond donors (Lipinski definition) is 1. The third-order valence-electron chi connectivity index (χ3n) is 3.82. The standard InChI is InChI=1S/C17H23NO/c1-2-15-10-11-18(13-15)14-17-9-4-3-7-16(17)8-5-6-12-19/h3-4,7,9,15,19H,2,6,10-14H2,1H3. The fourth-order valence-corrected chi connectivity index (χ4v) is 2.62. The Bertz CT molecular complexity index is 458. The van der Waals surface area contributed by atoms with Gasteiger partial charge in [0.15, 0.2) is 0 Å². The predicted octanol–water partition coefficient (Wildman–Crippen LogP) is 2.65. The van der Waals surface area contributed by atoms with Crippen molar-refractivity contribution in [2.45, 2.75) is 32.7 Å². The van der Waals surface area contributed by atoms with Gasteiger partial charge >= 0.3 is 0 Å². The molecule has 0 radical (unpaired) electrons. The van der Waals surface area contributed by atoms with E-state index in [-0.39, 0.29) is 6.61 Å². The molecule has 1 heterocycles. The first kappa shape index (κ1) is 14.1. The first-order valence-electron chi connectivity index (χ1n) is 7.23. The minimum atomic E-state index is 0.138. The topological polar surface area (TPSA) is 23.5 Å². The molecule has 1 unspecified atom stereocenters. The molecule has 1 atom stereocenters. The monoisotopic (exact) mass is 257 g/mol. The van der Waals surface area contributed by atoms with Gasteiger partial charge in [0.05, 0.1) is 6.61 Å². The highest BCUT2D eigenvalue weighted by atomic mass is 16.2. The molecule has 2 rings (SSSR count). The lowest BCUT2D eigenvalue weighted by Crippen LogP contribution is -2.20. The molecule has 2 nitrogen and oxygen atoms in total. The Morgan fingerprint density at radius 2 is 2.21 bits per heavy atom. The van der Waals surface area contributed by atoms with Gasteiger partial charge in [-0.3, -0.25) is 4.90 Å². The third-order valence-corrected chi connectivity index (χ3v) is 3.82. The van der Waals surface area contributed by atoms with Crippen LogP contribution in [0, 0.1) is 17.8 Å². The summed E-state index contributed by atoms with van der Waals surface area (Å²) in [5.74, 6) is 7.06. The van der Waals surface area contributed by atoms with Crippen LogP contribution in [0.3, 0.4) is 0 Å². The summed E-state index contributed by atoms with van der Waals surface area (Å²) in [6.45, 7) is 5.84. The lowest BCUT2D eigenvalue weighted by atomic mass is 10.1. The van der Waals surface area contributed by atoms with Crippen LogP contribution in [0.2, 0.25) is 0 Å². The number of likely N-dealkylation sites (tertiary alicyclic amines) is 1. The summed E-state index contributed by atoms with van der Waals surface area (Å²) in [5.41, 5.74) is 2.42. The zero-order valence-corrected chi connectivity index (χ0v) is 11.7. The molecule has 0 aliphatic carbocycles. The molecule has 0 saturated carbocycles. The smallest absolute Gasteiger partial charge is 0.0540 e. The van der Waals surface area contributed by atoms with Crippen LogP contribution in [0.4, 0.5) is 0 Å². The second-order valence-corrected chi connectivity index (χ2v) is 5.23.